The molecule has 0 saturated carbocycles. The number of morpholine rings is 1. The van der Waals surface area contributed by atoms with Crippen molar-refractivity contribution in [3.63, 3.8) is 0 Å². The summed E-state index contributed by atoms with van der Waals surface area (Å²) < 4.78 is 5.38. The number of aliphatic hydroxyl groups is 1. The van der Waals surface area contributed by atoms with E-state index >= 15 is 0 Å². The zero-order chi connectivity index (χ0) is 12.0. The predicted molar refractivity (Wildman–Crippen MR) is 60.9 cm³/mol. The van der Waals surface area contributed by atoms with Crippen LogP contribution >= 0.6 is 0 Å². The Morgan fingerprint density at radius 1 is 1.56 bits per heavy atom. The Bertz CT molecular complexity index is 223. The number of rotatable bonds is 5. The molecule has 1 amide bonds. The summed E-state index contributed by atoms with van der Waals surface area (Å²) >= 11 is 0. The van der Waals surface area contributed by atoms with Crippen LogP contribution in [0.2, 0.25) is 0 Å². The van der Waals surface area contributed by atoms with E-state index in [9.17, 15) is 4.79 Å². The van der Waals surface area contributed by atoms with Gasteiger partial charge in [-0.2, -0.15) is 0 Å². The Labute approximate surface area is 96.6 Å². The number of amides is 1. The summed E-state index contributed by atoms with van der Waals surface area (Å²) in [6.45, 7) is 3.58. The minimum Gasteiger partial charge on any atom is -0.394 e. The largest absolute Gasteiger partial charge is 0.394 e. The number of ether oxygens (including phenoxy) is 1. The molecule has 0 aromatic rings. The first-order valence-electron chi connectivity index (χ1n) is 5.91. The van der Waals surface area contributed by atoms with Crippen LogP contribution in [-0.4, -0.2) is 54.4 Å². The molecule has 0 radical (unpaired) electrons. The topological polar surface area (TPSA) is 75.8 Å². The molecule has 1 aliphatic heterocycles. The number of carbonyl (C=O) groups is 1. The van der Waals surface area contributed by atoms with E-state index in [0.717, 1.165) is 12.8 Å². The van der Waals surface area contributed by atoms with E-state index in [-0.39, 0.29) is 24.7 Å². The molecule has 94 valence electrons. The predicted octanol–water partition coefficient (Wildman–Crippen LogP) is -0.276. The molecule has 16 heavy (non-hydrogen) atoms. The van der Waals surface area contributed by atoms with E-state index in [0.29, 0.717) is 26.1 Å². The number of hydrogen-bond donors (Lipinski definition) is 2. The zero-order valence-electron chi connectivity index (χ0n) is 9.89. The Morgan fingerprint density at radius 2 is 2.31 bits per heavy atom. The summed E-state index contributed by atoms with van der Waals surface area (Å²) in [5.74, 6) is 0.141. The number of nitrogens with zero attached hydrogens (tertiary/aromatic N) is 1. The molecule has 0 bridgehead atoms. The van der Waals surface area contributed by atoms with Crippen molar-refractivity contribution in [3.8, 4) is 0 Å². The molecule has 2 unspecified atom stereocenters. The van der Waals surface area contributed by atoms with Gasteiger partial charge in [-0.1, -0.05) is 0 Å². The minimum atomic E-state index is -0.227. The monoisotopic (exact) mass is 230 g/mol. The summed E-state index contributed by atoms with van der Waals surface area (Å²) in [7, 11) is 0. The van der Waals surface area contributed by atoms with Crippen LogP contribution in [0, 0.1) is 0 Å². The SMILES string of the molecule is CC1COC(CO)CN1C(=O)CCCCN. The summed E-state index contributed by atoms with van der Waals surface area (Å²) in [6.07, 6.45) is 2.03. The molecular formula is C11H22N2O3. The lowest BCUT2D eigenvalue weighted by Crippen LogP contribution is -2.51. The minimum absolute atomic E-state index is 0.0285. The van der Waals surface area contributed by atoms with Crippen molar-refractivity contribution in [1.29, 1.82) is 0 Å². The fraction of sp³-hybridized carbons (Fsp3) is 0.909. The smallest absolute Gasteiger partial charge is 0.222 e. The van der Waals surface area contributed by atoms with Gasteiger partial charge < -0.3 is 20.5 Å². The molecule has 5 heteroatoms. The fourth-order valence-corrected chi connectivity index (χ4v) is 1.84. The van der Waals surface area contributed by atoms with E-state index < -0.39 is 0 Å². The van der Waals surface area contributed by atoms with Crippen LogP contribution in [0.5, 0.6) is 0 Å². The first-order chi connectivity index (χ1) is 7.69. The van der Waals surface area contributed by atoms with Gasteiger partial charge in [0.1, 0.15) is 0 Å². The summed E-state index contributed by atoms with van der Waals surface area (Å²) in [5, 5.41) is 9.01. The maximum Gasteiger partial charge on any atom is 0.222 e. The molecule has 0 spiro atoms. The van der Waals surface area contributed by atoms with Gasteiger partial charge in [-0.05, 0) is 26.3 Å². The van der Waals surface area contributed by atoms with Crippen LogP contribution in [-0.2, 0) is 9.53 Å². The van der Waals surface area contributed by atoms with Gasteiger partial charge in [0.2, 0.25) is 5.91 Å². The number of carbonyl (C=O) groups excluding carboxylic acids is 1. The second kappa shape index (κ2) is 6.83. The van der Waals surface area contributed by atoms with Gasteiger partial charge in [-0.15, -0.1) is 0 Å². The highest BCUT2D eigenvalue weighted by molar-refractivity contribution is 5.76. The average molecular weight is 230 g/mol. The number of aliphatic hydroxyl groups excluding tert-OH is 1. The molecule has 0 aliphatic carbocycles. The van der Waals surface area contributed by atoms with Crippen LogP contribution in [0.4, 0.5) is 0 Å². The summed E-state index contributed by atoms with van der Waals surface area (Å²) in [6, 6.07) is 0.105. The van der Waals surface area contributed by atoms with Gasteiger partial charge in [0.25, 0.3) is 0 Å². The lowest BCUT2D eigenvalue weighted by molar-refractivity contribution is -0.146. The molecule has 1 aliphatic rings. The Balaban J connectivity index is 2.39. The summed E-state index contributed by atoms with van der Waals surface area (Å²) in [5.41, 5.74) is 5.39. The standard InChI is InChI=1S/C11H22N2O3/c1-9-8-16-10(7-14)6-13(9)11(15)4-2-3-5-12/h9-10,14H,2-8,12H2,1H3. The van der Waals surface area contributed by atoms with Gasteiger partial charge in [-0.3, -0.25) is 4.79 Å². The Morgan fingerprint density at radius 3 is 2.94 bits per heavy atom. The highest BCUT2D eigenvalue weighted by atomic mass is 16.5. The third kappa shape index (κ3) is 3.73. The van der Waals surface area contributed by atoms with Crippen LogP contribution in [0.3, 0.4) is 0 Å². The number of unbranched alkanes of at least 4 members (excludes halogenated alkanes) is 1. The van der Waals surface area contributed by atoms with Crippen molar-refractivity contribution in [3.05, 3.63) is 0 Å². The molecule has 1 rings (SSSR count). The van der Waals surface area contributed by atoms with E-state index in [1.165, 1.54) is 0 Å². The van der Waals surface area contributed by atoms with Crippen molar-refractivity contribution in [2.75, 3.05) is 26.3 Å². The van der Waals surface area contributed by atoms with E-state index in [4.69, 9.17) is 15.6 Å². The summed E-state index contributed by atoms with van der Waals surface area (Å²) in [4.78, 5) is 13.7. The third-order valence-electron chi connectivity index (χ3n) is 2.87. The van der Waals surface area contributed by atoms with Gasteiger partial charge >= 0.3 is 0 Å². The van der Waals surface area contributed by atoms with Crippen molar-refractivity contribution in [1.82, 2.24) is 4.90 Å². The average Bonchev–Trinajstić information content (AvgIpc) is 2.30. The molecular weight excluding hydrogens is 208 g/mol. The molecule has 1 saturated heterocycles. The first-order valence-corrected chi connectivity index (χ1v) is 5.91. The van der Waals surface area contributed by atoms with Gasteiger partial charge in [0.15, 0.2) is 0 Å². The van der Waals surface area contributed by atoms with Crippen LogP contribution in [0.25, 0.3) is 0 Å². The van der Waals surface area contributed by atoms with Gasteiger partial charge in [0, 0.05) is 13.0 Å². The van der Waals surface area contributed by atoms with Crippen LogP contribution < -0.4 is 5.73 Å². The number of nitrogens with two attached hydrogens (primary N) is 1. The van der Waals surface area contributed by atoms with Crippen LogP contribution in [0.15, 0.2) is 0 Å². The molecule has 1 heterocycles. The molecule has 0 aromatic carbocycles. The Hall–Kier alpha value is -0.650. The fourth-order valence-electron chi connectivity index (χ4n) is 1.84. The molecule has 0 aromatic heterocycles. The lowest BCUT2D eigenvalue weighted by Gasteiger charge is -2.37. The molecule has 3 N–H and O–H groups in total. The molecule has 5 nitrogen and oxygen atoms in total. The van der Waals surface area contributed by atoms with Crippen molar-refractivity contribution in [2.24, 2.45) is 5.73 Å². The molecule has 2 atom stereocenters. The highest BCUT2D eigenvalue weighted by Gasteiger charge is 2.28. The van der Waals surface area contributed by atoms with E-state index in [1.54, 1.807) is 4.90 Å². The quantitative estimate of drug-likeness (QED) is 0.637. The number of hydrogen-bond acceptors (Lipinski definition) is 4. The van der Waals surface area contributed by atoms with Crippen molar-refractivity contribution >= 4 is 5.91 Å². The highest BCUT2D eigenvalue weighted by Crippen LogP contribution is 2.13. The van der Waals surface area contributed by atoms with E-state index in [1.807, 2.05) is 6.92 Å². The molecule has 1 fully saturated rings. The second-order valence-corrected chi connectivity index (χ2v) is 4.28. The lowest BCUT2D eigenvalue weighted by atomic mass is 10.1. The van der Waals surface area contributed by atoms with Crippen LogP contribution in [0.1, 0.15) is 26.2 Å². The Kier molecular flexibility index (Phi) is 5.73. The zero-order valence-corrected chi connectivity index (χ0v) is 9.89. The normalized spacial score (nSPS) is 25.8. The second-order valence-electron chi connectivity index (χ2n) is 4.28. The maximum absolute atomic E-state index is 11.9. The van der Waals surface area contributed by atoms with E-state index in [2.05, 4.69) is 0 Å². The van der Waals surface area contributed by atoms with Crippen molar-refractivity contribution in [2.45, 2.75) is 38.3 Å². The first kappa shape index (κ1) is 13.4. The van der Waals surface area contributed by atoms with Crippen molar-refractivity contribution < 1.29 is 14.6 Å². The maximum atomic E-state index is 11.9. The van der Waals surface area contributed by atoms with Gasteiger partial charge in [0.05, 0.1) is 25.4 Å². The third-order valence-corrected chi connectivity index (χ3v) is 2.87. The van der Waals surface area contributed by atoms with Gasteiger partial charge in [-0.25, -0.2) is 0 Å².